The molecule has 0 bridgehead atoms. The molecule has 0 aromatic rings. The van der Waals surface area contributed by atoms with Gasteiger partial charge >= 0.3 is 0 Å². The lowest BCUT2D eigenvalue weighted by atomic mass is 10.2. The highest BCUT2D eigenvalue weighted by Gasteiger charge is 2.10. The third-order valence-corrected chi connectivity index (χ3v) is 2.74. The van der Waals surface area contributed by atoms with E-state index < -0.39 is 0 Å². The van der Waals surface area contributed by atoms with E-state index in [0.717, 1.165) is 32.2 Å². The molecule has 1 unspecified atom stereocenters. The Kier molecular flexibility index (Phi) is 9.24. The molecule has 0 rings (SSSR count). The number of nitrogens with zero attached hydrogens (tertiary/aromatic N) is 1. The molecule has 0 aromatic carbocycles. The Morgan fingerprint density at radius 1 is 1.38 bits per heavy atom. The number of carbonyl (C=O) groups excluding carboxylic acids is 1. The predicted molar refractivity (Wildman–Crippen MR) is 64.3 cm³/mol. The summed E-state index contributed by atoms with van der Waals surface area (Å²) in [5.74, 6) is 0.174. The summed E-state index contributed by atoms with van der Waals surface area (Å²) in [6.07, 6.45) is 4.22. The van der Waals surface area contributed by atoms with Gasteiger partial charge < -0.3 is 14.7 Å². The first-order valence-corrected chi connectivity index (χ1v) is 5.99. The van der Waals surface area contributed by atoms with Gasteiger partial charge in [-0.3, -0.25) is 4.79 Å². The summed E-state index contributed by atoms with van der Waals surface area (Å²) in [4.78, 5) is 13.4. The number of hydrogen-bond donors (Lipinski definition) is 1. The first-order valence-electron chi connectivity index (χ1n) is 5.99. The largest absolute Gasteiger partial charge is 0.396 e. The molecular formula is C12H25NO3. The molecule has 4 nitrogen and oxygen atoms in total. The molecule has 0 heterocycles. The van der Waals surface area contributed by atoms with Gasteiger partial charge in [-0.15, -0.1) is 0 Å². The molecule has 0 aliphatic carbocycles. The highest BCUT2D eigenvalue weighted by Crippen LogP contribution is 2.04. The van der Waals surface area contributed by atoms with Gasteiger partial charge in [0.1, 0.15) is 0 Å². The number of carbonyl (C=O) groups is 1. The second kappa shape index (κ2) is 9.60. The van der Waals surface area contributed by atoms with Crippen molar-refractivity contribution in [1.82, 2.24) is 4.90 Å². The van der Waals surface area contributed by atoms with E-state index in [2.05, 4.69) is 0 Å². The zero-order valence-electron chi connectivity index (χ0n) is 10.7. The van der Waals surface area contributed by atoms with Crippen LogP contribution in [0.2, 0.25) is 0 Å². The van der Waals surface area contributed by atoms with Crippen molar-refractivity contribution in [3.05, 3.63) is 0 Å². The zero-order valence-corrected chi connectivity index (χ0v) is 10.7. The van der Waals surface area contributed by atoms with Crippen molar-refractivity contribution in [1.29, 1.82) is 0 Å². The van der Waals surface area contributed by atoms with Crippen LogP contribution in [0.5, 0.6) is 0 Å². The van der Waals surface area contributed by atoms with Crippen LogP contribution >= 0.6 is 0 Å². The molecule has 96 valence electrons. The fourth-order valence-corrected chi connectivity index (χ4v) is 1.40. The molecule has 4 heteroatoms. The van der Waals surface area contributed by atoms with Crippen molar-refractivity contribution >= 4 is 5.91 Å². The fraction of sp³-hybridized carbons (Fsp3) is 0.917. The van der Waals surface area contributed by atoms with Crippen molar-refractivity contribution in [2.75, 3.05) is 27.3 Å². The zero-order chi connectivity index (χ0) is 12.4. The summed E-state index contributed by atoms with van der Waals surface area (Å²) < 4.78 is 5.09. The molecule has 1 amide bonds. The maximum Gasteiger partial charge on any atom is 0.222 e. The summed E-state index contributed by atoms with van der Waals surface area (Å²) in [7, 11) is 3.49. The first kappa shape index (κ1) is 15.4. The quantitative estimate of drug-likeness (QED) is 0.611. The Morgan fingerprint density at radius 2 is 2.06 bits per heavy atom. The van der Waals surface area contributed by atoms with Crippen molar-refractivity contribution in [2.45, 2.75) is 45.1 Å². The van der Waals surface area contributed by atoms with E-state index in [9.17, 15) is 4.79 Å². The molecule has 1 atom stereocenters. The van der Waals surface area contributed by atoms with E-state index in [1.807, 2.05) is 14.0 Å². The van der Waals surface area contributed by atoms with E-state index in [-0.39, 0.29) is 18.6 Å². The second-order valence-electron chi connectivity index (χ2n) is 4.18. The van der Waals surface area contributed by atoms with Crippen LogP contribution in [-0.4, -0.2) is 49.3 Å². The van der Waals surface area contributed by atoms with Gasteiger partial charge in [-0.05, 0) is 32.6 Å². The molecule has 0 saturated heterocycles. The first-order chi connectivity index (χ1) is 7.61. The number of aliphatic hydroxyl groups is 1. The number of methoxy groups -OCH3 is 1. The van der Waals surface area contributed by atoms with E-state index >= 15 is 0 Å². The molecule has 0 radical (unpaired) electrons. The molecule has 0 aromatic heterocycles. The number of aliphatic hydroxyl groups excluding tert-OH is 1. The van der Waals surface area contributed by atoms with Crippen molar-refractivity contribution in [3.63, 3.8) is 0 Å². The minimum atomic E-state index is 0.145. The van der Waals surface area contributed by atoms with Crippen LogP contribution in [0.4, 0.5) is 0 Å². The Labute approximate surface area is 98.6 Å². The predicted octanol–water partition coefficient (Wildman–Crippen LogP) is 1.42. The highest BCUT2D eigenvalue weighted by molar-refractivity contribution is 5.75. The van der Waals surface area contributed by atoms with Crippen molar-refractivity contribution in [3.8, 4) is 0 Å². The van der Waals surface area contributed by atoms with Crippen LogP contribution in [0.15, 0.2) is 0 Å². The second-order valence-corrected chi connectivity index (χ2v) is 4.18. The maximum absolute atomic E-state index is 11.6. The van der Waals surface area contributed by atoms with Crippen LogP contribution in [0, 0.1) is 0 Å². The minimum absolute atomic E-state index is 0.145. The molecule has 0 aliphatic rings. The minimum Gasteiger partial charge on any atom is -0.396 e. The van der Waals surface area contributed by atoms with Crippen molar-refractivity contribution < 1.29 is 14.6 Å². The number of rotatable bonds is 9. The normalized spacial score (nSPS) is 12.5. The van der Waals surface area contributed by atoms with Gasteiger partial charge in [-0.25, -0.2) is 0 Å². The summed E-state index contributed by atoms with van der Waals surface area (Å²) in [5.41, 5.74) is 0. The van der Waals surface area contributed by atoms with Gasteiger partial charge in [-0.2, -0.15) is 0 Å². The van der Waals surface area contributed by atoms with Crippen LogP contribution < -0.4 is 0 Å². The average molecular weight is 231 g/mol. The van der Waals surface area contributed by atoms with Gasteiger partial charge in [0.2, 0.25) is 5.91 Å². The number of amides is 1. The van der Waals surface area contributed by atoms with Gasteiger partial charge in [0.25, 0.3) is 0 Å². The number of unbranched alkanes of at least 4 members (excludes halogenated alkanes) is 2. The molecule has 0 fully saturated rings. The van der Waals surface area contributed by atoms with Gasteiger partial charge in [0.15, 0.2) is 0 Å². The molecule has 0 spiro atoms. The van der Waals surface area contributed by atoms with E-state index in [4.69, 9.17) is 9.84 Å². The summed E-state index contributed by atoms with van der Waals surface area (Å²) >= 11 is 0. The third-order valence-electron chi connectivity index (χ3n) is 2.74. The number of hydrogen-bond acceptors (Lipinski definition) is 3. The fourth-order valence-electron chi connectivity index (χ4n) is 1.40. The van der Waals surface area contributed by atoms with Crippen LogP contribution in [-0.2, 0) is 9.53 Å². The van der Waals surface area contributed by atoms with Gasteiger partial charge in [0, 0.05) is 33.7 Å². The summed E-state index contributed by atoms with van der Waals surface area (Å²) in [5, 5.41) is 8.62. The Morgan fingerprint density at radius 3 is 2.62 bits per heavy atom. The third kappa shape index (κ3) is 7.65. The Balaban J connectivity index is 3.57. The van der Waals surface area contributed by atoms with Crippen LogP contribution in [0.25, 0.3) is 0 Å². The maximum atomic E-state index is 11.6. The molecule has 0 aliphatic heterocycles. The standard InChI is InChI=1S/C12H25NO3/c1-11(16-3)7-8-12(15)13(2)9-5-4-6-10-14/h11,14H,4-10H2,1-3H3. The lowest BCUT2D eigenvalue weighted by Gasteiger charge is -2.18. The van der Waals surface area contributed by atoms with Crippen LogP contribution in [0.3, 0.4) is 0 Å². The SMILES string of the molecule is COC(C)CCC(=O)N(C)CCCCCO. The molecule has 0 saturated carbocycles. The van der Waals surface area contributed by atoms with Gasteiger partial charge in [0.05, 0.1) is 6.10 Å². The molecule has 16 heavy (non-hydrogen) atoms. The lowest BCUT2D eigenvalue weighted by molar-refractivity contribution is -0.130. The van der Waals surface area contributed by atoms with E-state index in [0.29, 0.717) is 6.42 Å². The van der Waals surface area contributed by atoms with Crippen molar-refractivity contribution in [2.24, 2.45) is 0 Å². The van der Waals surface area contributed by atoms with Crippen LogP contribution in [0.1, 0.15) is 39.0 Å². The lowest BCUT2D eigenvalue weighted by Crippen LogP contribution is -2.28. The highest BCUT2D eigenvalue weighted by atomic mass is 16.5. The molecular weight excluding hydrogens is 206 g/mol. The topological polar surface area (TPSA) is 49.8 Å². The summed E-state index contributed by atoms with van der Waals surface area (Å²) in [6.45, 7) is 2.98. The monoisotopic (exact) mass is 231 g/mol. The molecule has 1 N–H and O–H groups in total. The smallest absolute Gasteiger partial charge is 0.222 e. The van der Waals surface area contributed by atoms with E-state index in [1.165, 1.54) is 0 Å². The Hall–Kier alpha value is -0.610. The average Bonchev–Trinajstić information content (AvgIpc) is 2.30. The van der Waals surface area contributed by atoms with E-state index in [1.54, 1.807) is 12.0 Å². The Bertz CT molecular complexity index is 185. The summed E-state index contributed by atoms with van der Waals surface area (Å²) in [6, 6.07) is 0. The van der Waals surface area contributed by atoms with Gasteiger partial charge in [-0.1, -0.05) is 0 Å². The number of ether oxygens (including phenoxy) is 1.